The van der Waals surface area contributed by atoms with Crippen LogP contribution in [0.3, 0.4) is 0 Å². The van der Waals surface area contributed by atoms with Crippen molar-refractivity contribution in [3.63, 3.8) is 0 Å². The van der Waals surface area contributed by atoms with E-state index in [0.29, 0.717) is 24.3 Å². The van der Waals surface area contributed by atoms with E-state index in [9.17, 15) is 14.7 Å². The molecule has 1 aliphatic rings. The predicted molar refractivity (Wildman–Crippen MR) is 97.4 cm³/mol. The van der Waals surface area contributed by atoms with Gasteiger partial charge in [0.05, 0.1) is 5.56 Å². The standard InChI is InChI=1S/C18H25NO5Si/c1-25(2,3)12-11-23-13-24-16-9-5-4-7-14(16)17(20)19-10-6-8-15(19)18(21)22/h4-7,9-10,15H,8,11-13H2,1-3H3,(H,21,22)/t15-/m0/s1. The van der Waals surface area contributed by atoms with E-state index in [1.165, 1.54) is 11.1 Å². The van der Waals surface area contributed by atoms with Crippen molar-refractivity contribution >= 4 is 20.0 Å². The number of para-hydroxylation sites is 1. The maximum atomic E-state index is 12.7. The lowest BCUT2D eigenvalue weighted by molar-refractivity contribution is -0.141. The number of carbonyl (C=O) groups is 2. The Hall–Kier alpha value is -2.12. The fourth-order valence-corrected chi connectivity index (χ4v) is 3.16. The Morgan fingerprint density at radius 1 is 1.28 bits per heavy atom. The Bertz CT molecular complexity index is 653. The van der Waals surface area contributed by atoms with Crippen molar-refractivity contribution in [1.29, 1.82) is 0 Å². The normalized spacial score (nSPS) is 16.9. The minimum atomic E-state index is -1.16. The summed E-state index contributed by atoms with van der Waals surface area (Å²) < 4.78 is 11.1. The highest BCUT2D eigenvalue weighted by Crippen LogP contribution is 2.24. The molecule has 1 atom stereocenters. The molecule has 0 radical (unpaired) electrons. The molecule has 136 valence electrons. The largest absolute Gasteiger partial charge is 0.480 e. The predicted octanol–water partition coefficient (Wildman–Crippen LogP) is 3.19. The molecule has 1 amide bonds. The summed E-state index contributed by atoms with van der Waals surface area (Å²) in [6, 6.07) is 6.98. The summed E-state index contributed by atoms with van der Waals surface area (Å²) in [7, 11) is -1.16. The molecule has 0 aliphatic carbocycles. The van der Waals surface area contributed by atoms with Gasteiger partial charge in [0.25, 0.3) is 5.91 Å². The minimum Gasteiger partial charge on any atom is -0.480 e. The van der Waals surface area contributed by atoms with Crippen LogP contribution in [0.15, 0.2) is 36.5 Å². The van der Waals surface area contributed by atoms with Gasteiger partial charge in [-0.1, -0.05) is 37.8 Å². The molecule has 0 spiro atoms. The average molecular weight is 363 g/mol. The van der Waals surface area contributed by atoms with Crippen LogP contribution in [0.1, 0.15) is 16.8 Å². The third-order valence-corrected chi connectivity index (χ3v) is 5.60. The van der Waals surface area contributed by atoms with Crippen molar-refractivity contribution in [3.05, 3.63) is 42.1 Å². The van der Waals surface area contributed by atoms with Crippen LogP contribution in [-0.2, 0) is 9.53 Å². The number of hydrogen-bond donors (Lipinski definition) is 1. The van der Waals surface area contributed by atoms with Gasteiger partial charge in [0.15, 0.2) is 6.79 Å². The summed E-state index contributed by atoms with van der Waals surface area (Å²) in [6.45, 7) is 7.50. The van der Waals surface area contributed by atoms with Gasteiger partial charge in [0.1, 0.15) is 11.8 Å². The Balaban J connectivity index is 1.99. The maximum absolute atomic E-state index is 12.7. The van der Waals surface area contributed by atoms with Gasteiger partial charge in [0.2, 0.25) is 0 Å². The van der Waals surface area contributed by atoms with Gasteiger partial charge >= 0.3 is 5.97 Å². The molecule has 6 nitrogen and oxygen atoms in total. The van der Waals surface area contributed by atoms with Crippen molar-refractivity contribution in [1.82, 2.24) is 4.90 Å². The van der Waals surface area contributed by atoms with E-state index in [0.717, 1.165) is 6.04 Å². The number of ether oxygens (including phenoxy) is 2. The molecule has 0 fully saturated rings. The van der Waals surface area contributed by atoms with Crippen LogP contribution in [0.2, 0.25) is 25.7 Å². The Morgan fingerprint density at radius 3 is 2.68 bits per heavy atom. The molecule has 7 heteroatoms. The number of rotatable bonds is 8. The quantitative estimate of drug-likeness (QED) is 0.436. The minimum absolute atomic E-state index is 0.0625. The van der Waals surface area contributed by atoms with Crippen molar-refractivity contribution in [3.8, 4) is 5.75 Å². The first-order valence-corrected chi connectivity index (χ1v) is 12.0. The zero-order valence-corrected chi connectivity index (χ0v) is 15.9. The van der Waals surface area contributed by atoms with Crippen LogP contribution in [0.25, 0.3) is 0 Å². The fourth-order valence-electron chi connectivity index (χ4n) is 2.40. The van der Waals surface area contributed by atoms with Crippen molar-refractivity contribution in [2.75, 3.05) is 13.4 Å². The van der Waals surface area contributed by atoms with Crippen LogP contribution >= 0.6 is 0 Å². The van der Waals surface area contributed by atoms with Crippen LogP contribution in [0, 0.1) is 0 Å². The van der Waals surface area contributed by atoms with E-state index in [4.69, 9.17) is 9.47 Å². The molecular formula is C18H25NO5Si. The second-order valence-corrected chi connectivity index (χ2v) is 12.8. The number of carbonyl (C=O) groups excluding carboxylic acids is 1. The molecule has 25 heavy (non-hydrogen) atoms. The van der Waals surface area contributed by atoms with Crippen LogP contribution < -0.4 is 4.74 Å². The third kappa shape index (κ3) is 5.44. The van der Waals surface area contributed by atoms with Gasteiger partial charge in [-0.05, 0) is 24.6 Å². The number of aliphatic carboxylic acids is 1. The number of benzene rings is 1. The first kappa shape index (κ1) is 19.2. The third-order valence-electron chi connectivity index (χ3n) is 3.89. The summed E-state index contributed by atoms with van der Waals surface area (Å²) >= 11 is 0. The number of hydrogen-bond acceptors (Lipinski definition) is 4. The average Bonchev–Trinajstić information content (AvgIpc) is 3.03. The van der Waals surface area contributed by atoms with E-state index < -0.39 is 20.1 Å². The summed E-state index contributed by atoms with van der Waals surface area (Å²) in [5.41, 5.74) is 0.328. The number of nitrogens with zero attached hydrogens (tertiary/aromatic N) is 1. The van der Waals surface area contributed by atoms with E-state index in [2.05, 4.69) is 19.6 Å². The monoisotopic (exact) mass is 363 g/mol. The SMILES string of the molecule is C[Si](C)(C)CCOCOc1ccccc1C(=O)N1C=CC[C@H]1C(=O)O. The van der Waals surface area contributed by atoms with E-state index in [1.807, 2.05) is 0 Å². The van der Waals surface area contributed by atoms with Gasteiger partial charge in [-0.25, -0.2) is 4.79 Å². The highest BCUT2D eigenvalue weighted by atomic mass is 28.3. The van der Waals surface area contributed by atoms with Crippen LogP contribution in [0.5, 0.6) is 5.75 Å². The second-order valence-electron chi connectivity index (χ2n) is 7.16. The van der Waals surface area contributed by atoms with Crippen molar-refractivity contribution in [2.24, 2.45) is 0 Å². The van der Waals surface area contributed by atoms with E-state index in [1.54, 1.807) is 30.3 Å². The first-order valence-electron chi connectivity index (χ1n) is 8.31. The van der Waals surface area contributed by atoms with E-state index >= 15 is 0 Å². The Kier molecular flexibility index (Phi) is 6.38. The topological polar surface area (TPSA) is 76.1 Å². The summed E-state index contributed by atoms with van der Waals surface area (Å²) in [5.74, 6) is -1.02. The van der Waals surface area contributed by atoms with Crippen molar-refractivity contribution in [2.45, 2.75) is 38.1 Å². The smallest absolute Gasteiger partial charge is 0.327 e. The molecule has 0 bridgehead atoms. The fraction of sp³-hybridized carbons (Fsp3) is 0.444. The highest BCUT2D eigenvalue weighted by molar-refractivity contribution is 6.76. The number of amides is 1. The van der Waals surface area contributed by atoms with Gasteiger partial charge in [-0.15, -0.1) is 0 Å². The summed E-state index contributed by atoms with van der Waals surface area (Å²) in [4.78, 5) is 25.2. The van der Waals surface area contributed by atoms with E-state index in [-0.39, 0.29) is 12.7 Å². The molecule has 0 unspecified atom stereocenters. The zero-order chi connectivity index (χ0) is 18.4. The molecule has 1 aliphatic heterocycles. The molecule has 1 aromatic rings. The Labute approximate surface area is 149 Å². The first-order chi connectivity index (χ1) is 11.8. The molecule has 1 heterocycles. The molecule has 2 rings (SSSR count). The highest BCUT2D eigenvalue weighted by Gasteiger charge is 2.32. The Morgan fingerprint density at radius 2 is 2.00 bits per heavy atom. The maximum Gasteiger partial charge on any atom is 0.327 e. The lowest BCUT2D eigenvalue weighted by Crippen LogP contribution is -2.38. The second kappa shape index (κ2) is 8.31. The molecule has 1 aromatic carbocycles. The zero-order valence-electron chi connectivity index (χ0n) is 14.9. The molecule has 0 saturated carbocycles. The molecule has 1 N–H and O–H groups in total. The van der Waals surface area contributed by atoms with Gasteiger partial charge in [0, 0.05) is 20.9 Å². The number of carboxylic acids is 1. The van der Waals surface area contributed by atoms with Crippen LogP contribution in [-0.4, -0.2) is 49.4 Å². The lowest BCUT2D eigenvalue weighted by atomic mass is 10.1. The summed E-state index contributed by atoms with van der Waals surface area (Å²) in [5, 5.41) is 9.23. The van der Waals surface area contributed by atoms with Gasteiger partial charge in [-0.2, -0.15) is 0 Å². The van der Waals surface area contributed by atoms with Crippen LogP contribution in [0.4, 0.5) is 0 Å². The number of carboxylic acid groups (broad SMARTS) is 1. The molecular weight excluding hydrogens is 338 g/mol. The molecule has 0 saturated heterocycles. The molecule has 0 aromatic heterocycles. The summed E-state index contributed by atoms with van der Waals surface area (Å²) in [6.07, 6.45) is 3.51. The van der Waals surface area contributed by atoms with Gasteiger partial charge < -0.3 is 19.5 Å². The van der Waals surface area contributed by atoms with Gasteiger partial charge in [-0.3, -0.25) is 4.79 Å². The van der Waals surface area contributed by atoms with Crippen molar-refractivity contribution < 1.29 is 24.2 Å². The lowest BCUT2D eigenvalue weighted by Gasteiger charge is -2.21.